The first-order valence-corrected chi connectivity index (χ1v) is 11.0. The molecule has 0 aliphatic heterocycles. The fourth-order valence-electron chi connectivity index (χ4n) is 3.30. The summed E-state index contributed by atoms with van der Waals surface area (Å²) >= 11 is 1.62. The SMILES string of the molecule is CCCCCn1c(-c2ccco2)nc2c(N)nc(SCCc3ccccc3)nc21. The third kappa shape index (κ3) is 4.45. The van der Waals surface area contributed by atoms with Crippen LogP contribution in [0.5, 0.6) is 0 Å². The Morgan fingerprint density at radius 3 is 2.66 bits per heavy atom. The van der Waals surface area contributed by atoms with Crippen LogP contribution in [0, 0.1) is 0 Å². The van der Waals surface area contributed by atoms with Gasteiger partial charge >= 0.3 is 0 Å². The lowest BCUT2D eigenvalue weighted by molar-refractivity contribution is 0.560. The summed E-state index contributed by atoms with van der Waals surface area (Å²) in [6, 6.07) is 14.2. The quantitative estimate of drug-likeness (QED) is 0.233. The van der Waals surface area contributed by atoms with Crippen LogP contribution in [0.3, 0.4) is 0 Å². The number of fused-ring (bicyclic) bond motifs is 1. The van der Waals surface area contributed by atoms with E-state index in [0.29, 0.717) is 16.5 Å². The number of furan rings is 1. The third-order valence-electron chi connectivity index (χ3n) is 4.79. The maximum Gasteiger partial charge on any atom is 0.191 e. The van der Waals surface area contributed by atoms with Gasteiger partial charge < -0.3 is 14.7 Å². The first kappa shape index (κ1) is 19.5. The molecule has 7 heteroatoms. The van der Waals surface area contributed by atoms with E-state index < -0.39 is 0 Å². The maximum atomic E-state index is 6.26. The number of rotatable bonds is 9. The highest BCUT2D eigenvalue weighted by molar-refractivity contribution is 7.99. The van der Waals surface area contributed by atoms with Crippen LogP contribution in [0.25, 0.3) is 22.7 Å². The van der Waals surface area contributed by atoms with Crippen LogP contribution in [0.2, 0.25) is 0 Å². The topological polar surface area (TPSA) is 82.8 Å². The molecule has 0 bridgehead atoms. The second-order valence-corrected chi connectivity index (χ2v) is 7.98. The van der Waals surface area contributed by atoms with Crippen LogP contribution in [-0.2, 0) is 13.0 Å². The number of thioether (sulfide) groups is 1. The Labute approximate surface area is 174 Å². The molecule has 0 fully saturated rings. The monoisotopic (exact) mass is 407 g/mol. The zero-order valence-electron chi connectivity index (χ0n) is 16.5. The standard InChI is InChI=1S/C22H25N5OS/c1-2-3-7-13-27-20(17-11-8-14-28-17)24-18-19(23)25-22(26-21(18)27)29-15-12-16-9-5-4-6-10-16/h4-6,8-11,14H,2-3,7,12-13,15H2,1H3,(H2,23,25,26). The van der Waals surface area contributed by atoms with Gasteiger partial charge in [-0.15, -0.1) is 0 Å². The zero-order chi connectivity index (χ0) is 20.1. The molecule has 0 unspecified atom stereocenters. The van der Waals surface area contributed by atoms with Crippen LogP contribution < -0.4 is 5.73 Å². The molecular weight excluding hydrogens is 382 g/mol. The van der Waals surface area contributed by atoms with E-state index in [0.717, 1.165) is 55.2 Å². The van der Waals surface area contributed by atoms with Crippen LogP contribution >= 0.6 is 11.8 Å². The van der Waals surface area contributed by atoms with Gasteiger partial charge in [0, 0.05) is 12.3 Å². The Hall–Kier alpha value is -2.80. The van der Waals surface area contributed by atoms with Gasteiger partial charge in [-0.2, -0.15) is 0 Å². The molecule has 0 aliphatic rings. The van der Waals surface area contributed by atoms with E-state index in [9.17, 15) is 0 Å². The maximum absolute atomic E-state index is 6.26. The van der Waals surface area contributed by atoms with Crippen molar-refractivity contribution in [1.82, 2.24) is 19.5 Å². The summed E-state index contributed by atoms with van der Waals surface area (Å²) in [4.78, 5) is 14.0. The number of benzene rings is 1. The predicted molar refractivity (Wildman–Crippen MR) is 118 cm³/mol. The van der Waals surface area contributed by atoms with E-state index in [-0.39, 0.29) is 0 Å². The van der Waals surface area contributed by atoms with Crippen LogP contribution in [0.1, 0.15) is 31.7 Å². The number of anilines is 1. The van der Waals surface area contributed by atoms with Crippen molar-refractivity contribution >= 4 is 28.7 Å². The van der Waals surface area contributed by atoms with Gasteiger partial charge in [0.2, 0.25) is 0 Å². The van der Waals surface area contributed by atoms with Gasteiger partial charge in [-0.1, -0.05) is 61.9 Å². The highest BCUT2D eigenvalue weighted by Gasteiger charge is 2.19. The summed E-state index contributed by atoms with van der Waals surface area (Å²) in [6.07, 6.45) is 5.97. The van der Waals surface area contributed by atoms with E-state index in [1.807, 2.05) is 18.2 Å². The van der Waals surface area contributed by atoms with E-state index in [2.05, 4.69) is 40.7 Å². The summed E-state index contributed by atoms with van der Waals surface area (Å²) in [5, 5.41) is 0.688. The zero-order valence-corrected chi connectivity index (χ0v) is 17.4. The molecule has 1 aromatic carbocycles. The molecule has 0 saturated carbocycles. The molecule has 2 N–H and O–H groups in total. The number of hydrogen-bond acceptors (Lipinski definition) is 6. The molecule has 0 radical (unpaired) electrons. The Balaban J connectivity index is 1.62. The first-order valence-electron chi connectivity index (χ1n) is 10.0. The van der Waals surface area contributed by atoms with Gasteiger partial charge in [0.05, 0.1) is 6.26 Å². The van der Waals surface area contributed by atoms with Crippen molar-refractivity contribution in [3.8, 4) is 11.6 Å². The second-order valence-electron chi connectivity index (χ2n) is 6.92. The Morgan fingerprint density at radius 2 is 1.90 bits per heavy atom. The fraction of sp³-hybridized carbons (Fsp3) is 0.318. The molecule has 0 saturated heterocycles. The number of nitrogens with two attached hydrogens (primary N) is 1. The lowest BCUT2D eigenvalue weighted by Crippen LogP contribution is -2.04. The average Bonchev–Trinajstić information content (AvgIpc) is 3.38. The fourth-order valence-corrected chi connectivity index (χ4v) is 4.13. The molecule has 0 atom stereocenters. The van der Waals surface area contributed by atoms with Crippen molar-refractivity contribution in [3.05, 3.63) is 54.3 Å². The van der Waals surface area contributed by atoms with E-state index in [1.54, 1.807) is 18.0 Å². The lowest BCUT2D eigenvalue weighted by atomic mass is 10.2. The van der Waals surface area contributed by atoms with E-state index in [1.165, 1.54) is 5.56 Å². The Morgan fingerprint density at radius 1 is 1.03 bits per heavy atom. The molecule has 0 amide bonds. The van der Waals surface area contributed by atoms with Crippen molar-refractivity contribution in [3.63, 3.8) is 0 Å². The minimum Gasteiger partial charge on any atom is -0.461 e. The molecule has 29 heavy (non-hydrogen) atoms. The molecule has 0 aliphatic carbocycles. The number of unbranched alkanes of at least 4 members (excludes halogenated alkanes) is 2. The van der Waals surface area contributed by atoms with E-state index >= 15 is 0 Å². The summed E-state index contributed by atoms with van der Waals surface area (Å²) in [5.41, 5.74) is 8.98. The number of aryl methyl sites for hydroxylation is 2. The number of aromatic nitrogens is 4. The largest absolute Gasteiger partial charge is 0.461 e. The molecular formula is C22H25N5OS. The molecule has 4 rings (SSSR count). The van der Waals surface area contributed by atoms with Gasteiger partial charge in [0.1, 0.15) is 0 Å². The summed E-state index contributed by atoms with van der Waals surface area (Å²) in [7, 11) is 0. The predicted octanol–water partition coefficient (Wildman–Crippen LogP) is 5.19. The normalized spacial score (nSPS) is 11.3. The average molecular weight is 408 g/mol. The molecule has 150 valence electrons. The van der Waals surface area contributed by atoms with Gasteiger partial charge in [-0.05, 0) is 30.5 Å². The summed E-state index contributed by atoms with van der Waals surface area (Å²) in [6.45, 7) is 3.02. The third-order valence-corrected chi connectivity index (χ3v) is 5.64. The highest BCUT2D eigenvalue weighted by atomic mass is 32.2. The van der Waals surface area contributed by atoms with Gasteiger partial charge in [0.25, 0.3) is 0 Å². The molecule has 6 nitrogen and oxygen atoms in total. The van der Waals surface area contributed by atoms with Crippen LogP contribution in [-0.4, -0.2) is 25.3 Å². The summed E-state index contributed by atoms with van der Waals surface area (Å²) < 4.78 is 7.72. The van der Waals surface area contributed by atoms with Gasteiger partial charge in [0.15, 0.2) is 33.7 Å². The highest BCUT2D eigenvalue weighted by Crippen LogP contribution is 2.29. The number of nitrogen functional groups attached to an aromatic ring is 1. The van der Waals surface area contributed by atoms with Crippen LogP contribution in [0.4, 0.5) is 5.82 Å². The molecule has 3 heterocycles. The number of nitrogens with zero attached hydrogens (tertiary/aromatic N) is 4. The van der Waals surface area contributed by atoms with Crippen molar-refractivity contribution < 1.29 is 4.42 Å². The smallest absolute Gasteiger partial charge is 0.191 e. The summed E-state index contributed by atoms with van der Waals surface area (Å²) in [5.74, 6) is 2.79. The first-order chi connectivity index (χ1) is 14.3. The van der Waals surface area contributed by atoms with Gasteiger partial charge in [-0.3, -0.25) is 0 Å². The molecule has 0 spiro atoms. The van der Waals surface area contributed by atoms with Crippen molar-refractivity contribution in [2.24, 2.45) is 0 Å². The van der Waals surface area contributed by atoms with Gasteiger partial charge in [-0.25, -0.2) is 15.0 Å². The minimum absolute atomic E-state index is 0.416. The number of imidazole rings is 1. The van der Waals surface area contributed by atoms with Crippen molar-refractivity contribution in [1.29, 1.82) is 0 Å². The minimum atomic E-state index is 0.416. The number of hydrogen-bond donors (Lipinski definition) is 1. The lowest BCUT2D eigenvalue weighted by Gasteiger charge is -2.08. The molecule has 3 aromatic heterocycles. The molecule has 4 aromatic rings. The van der Waals surface area contributed by atoms with Crippen LogP contribution in [0.15, 0.2) is 58.3 Å². The van der Waals surface area contributed by atoms with Crippen molar-refractivity contribution in [2.45, 2.75) is 44.3 Å². The van der Waals surface area contributed by atoms with E-state index in [4.69, 9.17) is 20.1 Å². The Bertz CT molecular complexity index is 1060. The van der Waals surface area contributed by atoms with Crippen molar-refractivity contribution in [2.75, 3.05) is 11.5 Å². The second kappa shape index (κ2) is 9.13. The Kier molecular flexibility index (Phi) is 6.14.